The van der Waals surface area contributed by atoms with Crippen molar-refractivity contribution in [3.05, 3.63) is 40.1 Å². The normalized spacial score (nSPS) is 11.1. The van der Waals surface area contributed by atoms with E-state index in [1.165, 1.54) is 23.2 Å². The van der Waals surface area contributed by atoms with Gasteiger partial charge in [0.05, 0.1) is 0 Å². The van der Waals surface area contributed by atoms with Crippen molar-refractivity contribution in [2.75, 3.05) is 14.1 Å². The molecule has 1 N–H and O–H groups in total. The largest absolute Gasteiger partial charge is 0.286 e. The summed E-state index contributed by atoms with van der Waals surface area (Å²) in [6.45, 7) is 0. The standard InChI is InChI=1S/C11H12BrFN2O/c1-15(2)14-11(16)6-3-8-7-9(12)4-5-10(8)13/h3-7H,1-2H3,(H,14,16)/b6-3+. The predicted molar refractivity (Wildman–Crippen MR) is 65.0 cm³/mol. The Morgan fingerprint density at radius 2 is 2.19 bits per heavy atom. The summed E-state index contributed by atoms with van der Waals surface area (Å²) in [5.41, 5.74) is 2.88. The van der Waals surface area contributed by atoms with Gasteiger partial charge in [-0.05, 0) is 24.3 Å². The molecule has 0 aliphatic heterocycles. The highest BCUT2D eigenvalue weighted by Crippen LogP contribution is 2.16. The molecule has 0 fully saturated rings. The summed E-state index contributed by atoms with van der Waals surface area (Å²) in [4.78, 5) is 11.2. The molecule has 0 saturated heterocycles. The first-order valence-electron chi connectivity index (χ1n) is 4.60. The van der Waals surface area contributed by atoms with Crippen LogP contribution < -0.4 is 5.43 Å². The number of nitrogens with one attached hydrogen (secondary N) is 1. The number of amides is 1. The fraction of sp³-hybridized carbons (Fsp3) is 0.182. The molecule has 5 heteroatoms. The first-order valence-corrected chi connectivity index (χ1v) is 5.39. The topological polar surface area (TPSA) is 32.3 Å². The van der Waals surface area contributed by atoms with Crippen molar-refractivity contribution < 1.29 is 9.18 Å². The minimum atomic E-state index is -0.364. The number of hydrazine groups is 1. The van der Waals surface area contributed by atoms with Gasteiger partial charge in [0.15, 0.2) is 0 Å². The van der Waals surface area contributed by atoms with Gasteiger partial charge in [0, 0.05) is 30.2 Å². The lowest BCUT2D eigenvalue weighted by Crippen LogP contribution is -2.34. The Bertz CT molecular complexity index is 418. The van der Waals surface area contributed by atoms with Crippen LogP contribution in [-0.4, -0.2) is 25.0 Å². The highest BCUT2D eigenvalue weighted by molar-refractivity contribution is 9.10. The third-order valence-corrected chi connectivity index (χ3v) is 2.20. The number of carbonyl (C=O) groups is 1. The summed E-state index contributed by atoms with van der Waals surface area (Å²) >= 11 is 3.23. The van der Waals surface area contributed by atoms with Gasteiger partial charge in [-0.1, -0.05) is 15.9 Å². The Morgan fingerprint density at radius 3 is 2.81 bits per heavy atom. The maximum atomic E-state index is 13.3. The molecule has 16 heavy (non-hydrogen) atoms. The number of halogens is 2. The van der Waals surface area contributed by atoms with Gasteiger partial charge in [-0.15, -0.1) is 0 Å². The molecular formula is C11H12BrFN2O. The van der Waals surface area contributed by atoms with E-state index in [2.05, 4.69) is 21.4 Å². The van der Waals surface area contributed by atoms with Gasteiger partial charge in [-0.25, -0.2) is 9.40 Å². The molecule has 1 amide bonds. The van der Waals surface area contributed by atoms with Crippen molar-refractivity contribution in [1.29, 1.82) is 0 Å². The van der Waals surface area contributed by atoms with Crippen LogP contribution in [-0.2, 0) is 4.79 Å². The number of hydrogen-bond donors (Lipinski definition) is 1. The lowest BCUT2D eigenvalue weighted by Gasteiger charge is -2.08. The second-order valence-corrected chi connectivity index (χ2v) is 4.29. The maximum absolute atomic E-state index is 13.3. The zero-order valence-corrected chi connectivity index (χ0v) is 10.6. The molecule has 0 aliphatic rings. The first kappa shape index (κ1) is 12.9. The molecule has 0 bridgehead atoms. The average Bonchev–Trinajstić information content (AvgIpc) is 2.18. The van der Waals surface area contributed by atoms with Gasteiger partial charge in [0.2, 0.25) is 0 Å². The van der Waals surface area contributed by atoms with Crippen LogP contribution in [0.25, 0.3) is 6.08 Å². The Balaban J connectivity index is 2.76. The molecule has 0 heterocycles. The number of benzene rings is 1. The van der Waals surface area contributed by atoms with Crippen LogP contribution in [0.5, 0.6) is 0 Å². The van der Waals surface area contributed by atoms with Gasteiger partial charge >= 0.3 is 0 Å². The van der Waals surface area contributed by atoms with E-state index in [1.54, 1.807) is 26.2 Å². The number of carbonyl (C=O) groups excluding carboxylic acids is 1. The molecule has 0 unspecified atom stereocenters. The van der Waals surface area contributed by atoms with E-state index in [1.807, 2.05) is 0 Å². The Labute approximate surface area is 102 Å². The molecule has 0 saturated carbocycles. The van der Waals surface area contributed by atoms with E-state index in [-0.39, 0.29) is 11.7 Å². The van der Waals surface area contributed by atoms with Crippen LogP contribution in [0.15, 0.2) is 28.7 Å². The molecule has 0 radical (unpaired) electrons. The predicted octanol–water partition coefficient (Wildman–Crippen LogP) is 2.19. The van der Waals surface area contributed by atoms with Crippen LogP contribution in [0.1, 0.15) is 5.56 Å². The minimum absolute atomic E-state index is 0.302. The SMILES string of the molecule is CN(C)NC(=O)/C=C/c1cc(Br)ccc1F. The van der Waals surface area contributed by atoms with Gasteiger partial charge < -0.3 is 0 Å². The van der Waals surface area contributed by atoms with Crippen LogP contribution in [0.3, 0.4) is 0 Å². The zero-order chi connectivity index (χ0) is 12.1. The molecule has 1 rings (SSSR count). The van der Waals surface area contributed by atoms with Crippen molar-refractivity contribution >= 4 is 27.9 Å². The zero-order valence-electron chi connectivity index (χ0n) is 9.00. The molecule has 0 aliphatic carbocycles. The van der Waals surface area contributed by atoms with Crippen LogP contribution >= 0.6 is 15.9 Å². The Morgan fingerprint density at radius 1 is 1.50 bits per heavy atom. The van der Waals surface area contributed by atoms with Crippen LogP contribution in [0, 0.1) is 5.82 Å². The van der Waals surface area contributed by atoms with Crippen molar-refractivity contribution in [3.8, 4) is 0 Å². The monoisotopic (exact) mass is 286 g/mol. The second kappa shape index (κ2) is 5.77. The third-order valence-electron chi connectivity index (χ3n) is 1.71. The van der Waals surface area contributed by atoms with E-state index in [0.29, 0.717) is 5.56 Å². The van der Waals surface area contributed by atoms with Crippen LogP contribution in [0.2, 0.25) is 0 Å². The lowest BCUT2D eigenvalue weighted by atomic mass is 10.2. The van der Waals surface area contributed by atoms with E-state index < -0.39 is 0 Å². The Hall–Kier alpha value is -1.20. The van der Waals surface area contributed by atoms with Gasteiger partial charge in [0.25, 0.3) is 5.91 Å². The van der Waals surface area contributed by atoms with Crippen LogP contribution in [0.4, 0.5) is 4.39 Å². The highest BCUT2D eigenvalue weighted by Gasteiger charge is 2.00. The molecule has 1 aromatic rings. The van der Waals surface area contributed by atoms with E-state index >= 15 is 0 Å². The molecule has 1 aromatic carbocycles. The second-order valence-electron chi connectivity index (χ2n) is 3.37. The fourth-order valence-electron chi connectivity index (χ4n) is 1.07. The molecule has 0 atom stereocenters. The van der Waals surface area contributed by atoms with E-state index in [9.17, 15) is 9.18 Å². The van der Waals surface area contributed by atoms with Gasteiger partial charge in [-0.3, -0.25) is 10.2 Å². The summed E-state index contributed by atoms with van der Waals surface area (Å²) in [6, 6.07) is 4.55. The highest BCUT2D eigenvalue weighted by atomic mass is 79.9. The molecular weight excluding hydrogens is 275 g/mol. The van der Waals surface area contributed by atoms with Crippen molar-refractivity contribution in [3.63, 3.8) is 0 Å². The number of rotatable bonds is 3. The van der Waals surface area contributed by atoms with Gasteiger partial charge in [0.1, 0.15) is 5.82 Å². The number of nitrogens with zero attached hydrogens (tertiary/aromatic N) is 1. The third kappa shape index (κ3) is 4.12. The number of hydrogen-bond acceptors (Lipinski definition) is 2. The summed E-state index contributed by atoms with van der Waals surface area (Å²) in [7, 11) is 3.40. The maximum Gasteiger partial charge on any atom is 0.258 e. The summed E-state index contributed by atoms with van der Waals surface area (Å²) in [5.74, 6) is -0.665. The summed E-state index contributed by atoms with van der Waals surface area (Å²) in [5, 5.41) is 1.52. The van der Waals surface area contributed by atoms with Crippen molar-refractivity contribution in [2.45, 2.75) is 0 Å². The first-order chi connectivity index (χ1) is 7.49. The minimum Gasteiger partial charge on any atom is -0.286 e. The molecule has 0 aromatic heterocycles. The smallest absolute Gasteiger partial charge is 0.258 e. The average molecular weight is 287 g/mol. The Kier molecular flexibility index (Phi) is 4.64. The summed E-state index contributed by atoms with van der Waals surface area (Å²) in [6.07, 6.45) is 2.71. The summed E-state index contributed by atoms with van der Waals surface area (Å²) < 4.78 is 14.0. The van der Waals surface area contributed by atoms with Gasteiger partial charge in [-0.2, -0.15) is 0 Å². The quantitative estimate of drug-likeness (QED) is 0.682. The van der Waals surface area contributed by atoms with E-state index in [4.69, 9.17) is 0 Å². The lowest BCUT2D eigenvalue weighted by molar-refractivity contribution is -0.119. The van der Waals surface area contributed by atoms with Crippen molar-refractivity contribution in [2.24, 2.45) is 0 Å². The molecule has 3 nitrogen and oxygen atoms in total. The van der Waals surface area contributed by atoms with Crippen molar-refractivity contribution in [1.82, 2.24) is 10.4 Å². The van der Waals surface area contributed by atoms with E-state index in [0.717, 1.165) is 4.47 Å². The molecule has 86 valence electrons. The molecule has 0 spiro atoms. The fourth-order valence-corrected chi connectivity index (χ4v) is 1.44.